The predicted molar refractivity (Wildman–Crippen MR) is 70.0 cm³/mol. The smallest absolute Gasteiger partial charge is 0.239 e. The zero-order valence-corrected chi connectivity index (χ0v) is 12.1. The van der Waals surface area contributed by atoms with Crippen molar-refractivity contribution in [2.45, 2.75) is 39.4 Å². The molecule has 0 bridgehead atoms. The van der Waals surface area contributed by atoms with Crippen molar-refractivity contribution in [1.82, 2.24) is 24.6 Å². The van der Waals surface area contributed by atoms with Gasteiger partial charge in [0, 0.05) is 13.1 Å². The zero-order valence-electron chi connectivity index (χ0n) is 12.1. The summed E-state index contributed by atoms with van der Waals surface area (Å²) >= 11 is 0. The van der Waals surface area contributed by atoms with Crippen molar-refractivity contribution in [2.24, 2.45) is 0 Å². The van der Waals surface area contributed by atoms with Crippen LogP contribution in [0.5, 0.6) is 0 Å². The Hall–Kier alpha value is -1.43. The number of carbonyl (C=O) groups excluding carboxylic acids is 1. The van der Waals surface area contributed by atoms with Crippen LogP contribution in [-0.2, 0) is 11.3 Å². The highest BCUT2D eigenvalue weighted by molar-refractivity contribution is 5.81. The number of carbonyl (C=O) groups is 1. The van der Waals surface area contributed by atoms with Gasteiger partial charge in [-0.2, -0.15) is 0 Å². The van der Waals surface area contributed by atoms with Crippen LogP contribution < -0.4 is 0 Å². The van der Waals surface area contributed by atoms with Gasteiger partial charge in [0.1, 0.15) is 6.33 Å². The molecule has 0 aromatic carbocycles. The van der Waals surface area contributed by atoms with Gasteiger partial charge in [-0.15, -0.1) is 10.2 Å². The van der Waals surface area contributed by atoms with Gasteiger partial charge in [-0.1, -0.05) is 0 Å². The molecule has 0 radical (unpaired) electrons. The van der Waals surface area contributed by atoms with Crippen molar-refractivity contribution in [3.8, 4) is 0 Å². The lowest BCUT2D eigenvalue weighted by Crippen LogP contribution is -2.42. The van der Waals surface area contributed by atoms with Gasteiger partial charge in [0.15, 0.2) is 5.82 Å². The van der Waals surface area contributed by atoms with E-state index in [0.29, 0.717) is 12.6 Å². The van der Waals surface area contributed by atoms with Crippen LogP contribution in [-0.4, -0.2) is 57.7 Å². The number of likely N-dealkylation sites (N-methyl/N-ethyl adjacent to an activating group) is 2. The van der Waals surface area contributed by atoms with E-state index in [1.807, 2.05) is 30.5 Å². The fraction of sp³-hybridized carbons (Fsp3) is 0.750. The summed E-state index contributed by atoms with van der Waals surface area (Å²) in [6.45, 7) is 6.51. The van der Waals surface area contributed by atoms with Crippen LogP contribution in [0.2, 0.25) is 0 Å². The third-order valence-electron chi connectivity index (χ3n) is 3.09. The average molecular weight is 253 g/mol. The molecule has 1 atom stereocenters. The first-order valence-corrected chi connectivity index (χ1v) is 6.14. The summed E-state index contributed by atoms with van der Waals surface area (Å²) in [5.41, 5.74) is 0. The van der Waals surface area contributed by atoms with Gasteiger partial charge in [0.05, 0.1) is 12.6 Å². The van der Waals surface area contributed by atoms with Crippen molar-refractivity contribution in [3.05, 3.63) is 12.2 Å². The van der Waals surface area contributed by atoms with E-state index >= 15 is 0 Å². The Balaban J connectivity index is 2.72. The third kappa shape index (κ3) is 3.29. The number of hydrogen-bond donors (Lipinski definition) is 0. The molecule has 0 fully saturated rings. The molecule has 6 heteroatoms. The highest BCUT2D eigenvalue weighted by Crippen LogP contribution is 2.09. The van der Waals surface area contributed by atoms with Crippen molar-refractivity contribution in [1.29, 1.82) is 0 Å². The van der Waals surface area contributed by atoms with E-state index < -0.39 is 0 Å². The first-order chi connectivity index (χ1) is 8.34. The maximum atomic E-state index is 12.1. The summed E-state index contributed by atoms with van der Waals surface area (Å²) in [4.78, 5) is 15.7. The maximum absolute atomic E-state index is 12.1. The van der Waals surface area contributed by atoms with E-state index in [4.69, 9.17) is 0 Å². The minimum atomic E-state index is -0.134. The van der Waals surface area contributed by atoms with Gasteiger partial charge in [-0.3, -0.25) is 9.69 Å². The second kappa shape index (κ2) is 5.95. The number of aromatic nitrogens is 3. The Morgan fingerprint density at radius 1 is 1.33 bits per heavy atom. The van der Waals surface area contributed by atoms with Crippen LogP contribution in [0.3, 0.4) is 0 Å². The van der Waals surface area contributed by atoms with Gasteiger partial charge in [-0.05, 0) is 34.9 Å². The fourth-order valence-electron chi connectivity index (χ4n) is 1.64. The minimum Gasteiger partial charge on any atom is -0.337 e. The molecule has 1 aromatic rings. The van der Waals surface area contributed by atoms with Crippen LogP contribution in [0, 0.1) is 0 Å². The van der Waals surface area contributed by atoms with E-state index in [-0.39, 0.29) is 11.9 Å². The number of amides is 1. The van der Waals surface area contributed by atoms with Gasteiger partial charge < -0.3 is 9.47 Å². The highest BCUT2D eigenvalue weighted by atomic mass is 16.2. The Labute approximate surface area is 109 Å². The molecule has 1 amide bonds. The molecular weight excluding hydrogens is 230 g/mol. The molecule has 0 aliphatic heterocycles. The summed E-state index contributed by atoms with van der Waals surface area (Å²) in [5.74, 6) is 0.894. The molecule has 0 spiro atoms. The molecule has 102 valence electrons. The van der Waals surface area contributed by atoms with Crippen molar-refractivity contribution in [2.75, 3.05) is 21.1 Å². The summed E-state index contributed by atoms with van der Waals surface area (Å²) in [6.07, 6.45) is 1.70. The lowest BCUT2D eigenvalue weighted by molar-refractivity contribution is -0.134. The third-order valence-corrected chi connectivity index (χ3v) is 3.09. The Kier molecular flexibility index (Phi) is 4.84. The Morgan fingerprint density at radius 2 is 1.94 bits per heavy atom. The van der Waals surface area contributed by atoms with Gasteiger partial charge in [-0.25, -0.2) is 0 Å². The molecule has 1 rings (SSSR count). The van der Waals surface area contributed by atoms with Crippen LogP contribution in [0.15, 0.2) is 6.33 Å². The van der Waals surface area contributed by atoms with E-state index in [1.165, 1.54) is 0 Å². The highest BCUT2D eigenvalue weighted by Gasteiger charge is 2.21. The normalized spacial score (nSPS) is 13.1. The van der Waals surface area contributed by atoms with Gasteiger partial charge in [0.25, 0.3) is 0 Å². The SMILES string of the molecule is CC(C(=O)N(C)Cc1nncn1C(C)C)N(C)C. The van der Waals surface area contributed by atoms with Crippen molar-refractivity contribution < 1.29 is 4.79 Å². The molecule has 0 aliphatic rings. The van der Waals surface area contributed by atoms with Crippen LogP contribution >= 0.6 is 0 Å². The molecule has 0 aliphatic carbocycles. The predicted octanol–water partition coefficient (Wildman–Crippen LogP) is 0.767. The number of rotatable bonds is 5. The molecule has 1 aromatic heterocycles. The van der Waals surface area contributed by atoms with Crippen LogP contribution in [0.1, 0.15) is 32.6 Å². The molecule has 1 heterocycles. The van der Waals surface area contributed by atoms with E-state index in [0.717, 1.165) is 5.82 Å². The molecular formula is C12H23N5O. The van der Waals surface area contributed by atoms with Gasteiger partial charge in [0.2, 0.25) is 5.91 Å². The molecule has 0 saturated carbocycles. The van der Waals surface area contributed by atoms with Gasteiger partial charge >= 0.3 is 0 Å². The lowest BCUT2D eigenvalue weighted by Gasteiger charge is -2.25. The first kappa shape index (κ1) is 14.6. The largest absolute Gasteiger partial charge is 0.337 e. The Bertz CT molecular complexity index is 399. The van der Waals surface area contributed by atoms with E-state index in [2.05, 4.69) is 24.0 Å². The molecule has 1 unspecified atom stereocenters. The fourth-order valence-corrected chi connectivity index (χ4v) is 1.64. The maximum Gasteiger partial charge on any atom is 0.239 e. The summed E-state index contributed by atoms with van der Waals surface area (Å²) in [6, 6.07) is 0.162. The molecule has 0 N–H and O–H groups in total. The molecule has 18 heavy (non-hydrogen) atoms. The first-order valence-electron chi connectivity index (χ1n) is 6.14. The summed E-state index contributed by atoms with van der Waals surface area (Å²) < 4.78 is 1.98. The monoisotopic (exact) mass is 253 g/mol. The topological polar surface area (TPSA) is 54.3 Å². The van der Waals surface area contributed by atoms with Crippen LogP contribution in [0.25, 0.3) is 0 Å². The summed E-state index contributed by atoms with van der Waals surface area (Å²) in [7, 11) is 5.59. The van der Waals surface area contributed by atoms with E-state index in [1.54, 1.807) is 18.3 Å². The minimum absolute atomic E-state index is 0.0818. The standard InChI is InChI=1S/C12H23N5O/c1-9(2)17-8-13-14-11(17)7-16(6)12(18)10(3)15(4)5/h8-10H,7H2,1-6H3. The second-order valence-electron chi connectivity index (χ2n) is 5.08. The Morgan fingerprint density at radius 3 is 2.44 bits per heavy atom. The second-order valence-corrected chi connectivity index (χ2v) is 5.08. The number of nitrogens with zero attached hydrogens (tertiary/aromatic N) is 5. The average Bonchev–Trinajstić information content (AvgIpc) is 2.74. The quantitative estimate of drug-likeness (QED) is 0.777. The van der Waals surface area contributed by atoms with Crippen LogP contribution in [0.4, 0.5) is 0 Å². The molecule has 0 saturated heterocycles. The van der Waals surface area contributed by atoms with Crippen molar-refractivity contribution >= 4 is 5.91 Å². The summed E-state index contributed by atoms with van der Waals surface area (Å²) in [5, 5.41) is 7.97. The molecule has 6 nitrogen and oxygen atoms in total. The van der Waals surface area contributed by atoms with Crippen molar-refractivity contribution in [3.63, 3.8) is 0 Å². The van der Waals surface area contributed by atoms with E-state index in [9.17, 15) is 4.79 Å². The lowest BCUT2D eigenvalue weighted by atomic mass is 10.2. The number of hydrogen-bond acceptors (Lipinski definition) is 4. The zero-order chi connectivity index (χ0) is 13.9.